The van der Waals surface area contributed by atoms with Crippen molar-refractivity contribution in [2.75, 3.05) is 20.8 Å². The minimum Gasteiger partial charge on any atom is -0.496 e. The van der Waals surface area contributed by atoms with Crippen molar-refractivity contribution in [1.29, 1.82) is 0 Å². The lowest BCUT2D eigenvalue weighted by atomic mass is 9.87. The summed E-state index contributed by atoms with van der Waals surface area (Å²) in [5, 5.41) is 0. The first kappa shape index (κ1) is 14.0. The van der Waals surface area contributed by atoms with Crippen LogP contribution in [-0.2, 0) is 10.3 Å². The molecule has 1 unspecified atom stereocenters. The summed E-state index contributed by atoms with van der Waals surface area (Å²) >= 11 is 0. The van der Waals surface area contributed by atoms with Crippen LogP contribution < -0.4 is 10.5 Å². The van der Waals surface area contributed by atoms with Gasteiger partial charge in [-0.15, -0.1) is 0 Å². The van der Waals surface area contributed by atoms with Gasteiger partial charge in [-0.1, -0.05) is 12.1 Å². The molecule has 0 spiro atoms. The second-order valence-corrected chi connectivity index (χ2v) is 4.75. The summed E-state index contributed by atoms with van der Waals surface area (Å²) in [7, 11) is 3.38. The SMILES string of the molecule is COCCC(C)(N)c1ccc(C)c(C)c1OC. The Kier molecular flexibility index (Phi) is 4.54. The van der Waals surface area contributed by atoms with Crippen LogP contribution in [-0.4, -0.2) is 20.8 Å². The van der Waals surface area contributed by atoms with E-state index in [0.29, 0.717) is 6.61 Å². The van der Waals surface area contributed by atoms with Gasteiger partial charge in [-0.05, 0) is 38.3 Å². The molecule has 0 aliphatic rings. The standard InChI is InChI=1S/C14H23NO2/c1-10-6-7-12(13(17-5)11(10)2)14(3,15)8-9-16-4/h6-7H,8-9,15H2,1-5H3. The van der Waals surface area contributed by atoms with E-state index in [9.17, 15) is 0 Å². The van der Waals surface area contributed by atoms with Gasteiger partial charge in [0.15, 0.2) is 0 Å². The molecule has 0 amide bonds. The van der Waals surface area contributed by atoms with Crippen LogP contribution in [0.1, 0.15) is 30.0 Å². The summed E-state index contributed by atoms with van der Waals surface area (Å²) in [6, 6.07) is 4.14. The molecule has 0 heterocycles. The number of nitrogens with two attached hydrogens (primary N) is 1. The Morgan fingerprint density at radius 2 is 1.88 bits per heavy atom. The average molecular weight is 237 g/mol. The van der Waals surface area contributed by atoms with E-state index in [1.165, 1.54) is 5.56 Å². The first-order valence-electron chi connectivity index (χ1n) is 5.86. The largest absolute Gasteiger partial charge is 0.496 e. The maximum absolute atomic E-state index is 6.36. The summed E-state index contributed by atoms with van der Waals surface area (Å²) in [6.07, 6.45) is 0.766. The number of methoxy groups -OCH3 is 2. The van der Waals surface area contributed by atoms with E-state index < -0.39 is 5.54 Å². The van der Waals surface area contributed by atoms with Crippen molar-refractivity contribution in [3.8, 4) is 5.75 Å². The molecule has 1 aromatic carbocycles. The van der Waals surface area contributed by atoms with E-state index in [0.717, 1.165) is 23.3 Å². The second kappa shape index (κ2) is 5.52. The molecule has 0 fully saturated rings. The van der Waals surface area contributed by atoms with Crippen molar-refractivity contribution in [3.63, 3.8) is 0 Å². The van der Waals surface area contributed by atoms with Gasteiger partial charge < -0.3 is 15.2 Å². The number of hydrogen-bond acceptors (Lipinski definition) is 3. The molecule has 0 bridgehead atoms. The van der Waals surface area contributed by atoms with Gasteiger partial charge in [0.1, 0.15) is 5.75 Å². The molecule has 3 heteroatoms. The third-order valence-electron chi connectivity index (χ3n) is 3.32. The smallest absolute Gasteiger partial charge is 0.127 e. The van der Waals surface area contributed by atoms with Gasteiger partial charge in [-0.3, -0.25) is 0 Å². The molecule has 1 aromatic rings. The summed E-state index contributed by atoms with van der Waals surface area (Å²) in [5.74, 6) is 0.895. The molecular weight excluding hydrogens is 214 g/mol. The molecule has 3 nitrogen and oxygen atoms in total. The van der Waals surface area contributed by atoms with Crippen LogP contribution in [0.4, 0.5) is 0 Å². The average Bonchev–Trinajstić information content (AvgIpc) is 2.29. The van der Waals surface area contributed by atoms with Crippen molar-refractivity contribution in [1.82, 2.24) is 0 Å². The summed E-state index contributed by atoms with van der Waals surface area (Å²) in [5.41, 5.74) is 9.34. The van der Waals surface area contributed by atoms with Crippen LogP contribution in [0.15, 0.2) is 12.1 Å². The van der Waals surface area contributed by atoms with Crippen molar-refractivity contribution in [2.24, 2.45) is 5.73 Å². The zero-order chi connectivity index (χ0) is 13.1. The van der Waals surface area contributed by atoms with Gasteiger partial charge in [0.05, 0.1) is 7.11 Å². The third kappa shape index (κ3) is 2.99. The Balaban J connectivity index is 3.16. The Morgan fingerprint density at radius 3 is 2.41 bits per heavy atom. The van der Waals surface area contributed by atoms with Crippen LogP contribution in [0.5, 0.6) is 5.75 Å². The maximum Gasteiger partial charge on any atom is 0.127 e. The number of ether oxygens (including phenoxy) is 2. The van der Waals surface area contributed by atoms with Crippen molar-refractivity contribution in [2.45, 2.75) is 32.7 Å². The molecule has 0 radical (unpaired) electrons. The highest BCUT2D eigenvalue weighted by molar-refractivity contribution is 5.48. The lowest BCUT2D eigenvalue weighted by Gasteiger charge is -2.28. The molecule has 1 atom stereocenters. The Hall–Kier alpha value is -1.06. The fourth-order valence-electron chi connectivity index (χ4n) is 1.95. The first-order valence-corrected chi connectivity index (χ1v) is 5.86. The highest BCUT2D eigenvalue weighted by Gasteiger charge is 2.26. The van der Waals surface area contributed by atoms with Crippen LogP contribution in [0.2, 0.25) is 0 Å². The van der Waals surface area contributed by atoms with E-state index in [1.54, 1.807) is 14.2 Å². The predicted octanol–water partition coefficient (Wildman–Crippen LogP) is 2.52. The van der Waals surface area contributed by atoms with E-state index in [1.807, 2.05) is 6.92 Å². The zero-order valence-electron chi connectivity index (χ0n) is 11.5. The van der Waals surface area contributed by atoms with Crippen molar-refractivity contribution >= 4 is 0 Å². The van der Waals surface area contributed by atoms with Crippen LogP contribution in [0.25, 0.3) is 0 Å². The monoisotopic (exact) mass is 237 g/mol. The van der Waals surface area contributed by atoms with E-state index in [4.69, 9.17) is 15.2 Å². The van der Waals surface area contributed by atoms with E-state index in [-0.39, 0.29) is 0 Å². The van der Waals surface area contributed by atoms with Crippen molar-refractivity contribution < 1.29 is 9.47 Å². The highest BCUT2D eigenvalue weighted by atomic mass is 16.5. The molecule has 0 aromatic heterocycles. The molecule has 0 aliphatic carbocycles. The van der Waals surface area contributed by atoms with Gasteiger partial charge >= 0.3 is 0 Å². The molecular formula is C14H23NO2. The van der Waals surface area contributed by atoms with Gasteiger partial charge in [0.25, 0.3) is 0 Å². The lowest BCUT2D eigenvalue weighted by molar-refractivity contribution is 0.171. The number of hydrogen-bond donors (Lipinski definition) is 1. The fraction of sp³-hybridized carbons (Fsp3) is 0.571. The molecule has 1 rings (SSSR count). The predicted molar refractivity (Wildman–Crippen MR) is 70.5 cm³/mol. The zero-order valence-corrected chi connectivity index (χ0v) is 11.5. The molecule has 0 saturated carbocycles. The van der Waals surface area contributed by atoms with Crippen LogP contribution in [0.3, 0.4) is 0 Å². The highest BCUT2D eigenvalue weighted by Crippen LogP contribution is 2.34. The maximum atomic E-state index is 6.36. The van der Waals surface area contributed by atoms with E-state index >= 15 is 0 Å². The Labute approximate surface area is 104 Å². The third-order valence-corrected chi connectivity index (χ3v) is 3.32. The Morgan fingerprint density at radius 1 is 1.24 bits per heavy atom. The minimum absolute atomic E-state index is 0.431. The summed E-state index contributed by atoms with van der Waals surface area (Å²) in [4.78, 5) is 0. The van der Waals surface area contributed by atoms with Gasteiger partial charge in [0, 0.05) is 24.8 Å². The number of aryl methyl sites for hydroxylation is 1. The normalized spacial score (nSPS) is 14.5. The van der Waals surface area contributed by atoms with Crippen LogP contribution in [0, 0.1) is 13.8 Å². The van der Waals surface area contributed by atoms with Crippen molar-refractivity contribution in [3.05, 3.63) is 28.8 Å². The van der Waals surface area contributed by atoms with E-state index in [2.05, 4.69) is 26.0 Å². The summed E-state index contributed by atoms with van der Waals surface area (Å²) in [6.45, 7) is 6.79. The Bertz CT molecular complexity index is 386. The molecule has 0 aliphatic heterocycles. The van der Waals surface area contributed by atoms with Gasteiger partial charge in [-0.2, -0.15) is 0 Å². The molecule has 0 saturated heterocycles. The first-order chi connectivity index (χ1) is 7.94. The second-order valence-electron chi connectivity index (χ2n) is 4.75. The summed E-state index contributed by atoms with van der Waals surface area (Å²) < 4.78 is 10.6. The molecule has 2 N–H and O–H groups in total. The molecule has 96 valence electrons. The minimum atomic E-state index is -0.431. The number of rotatable bonds is 5. The van der Waals surface area contributed by atoms with Crippen LogP contribution >= 0.6 is 0 Å². The quantitative estimate of drug-likeness (QED) is 0.856. The topological polar surface area (TPSA) is 44.5 Å². The molecule has 17 heavy (non-hydrogen) atoms. The number of benzene rings is 1. The lowest BCUT2D eigenvalue weighted by Crippen LogP contribution is -2.35. The van der Waals surface area contributed by atoms with Gasteiger partial charge in [0.2, 0.25) is 0 Å². The van der Waals surface area contributed by atoms with Gasteiger partial charge in [-0.25, -0.2) is 0 Å². The fourth-order valence-corrected chi connectivity index (χ4v) is 1.95.